The Morgan fingerprint density at radius 1 is 1.21 bits per heavy atom. The van der Waals surface area contributed by atoms with Crippen LogP contribution in [0.2, 0.25) is 12.6 Å². The Balaban J connectivity index is 2.47. The van der Waals surface area contributed by atoms with Gasteiger partial charge < -0.3 is 15.0 Å². The summed E-state index contributed by atoms with van der Waals surface area (Å²) in [5.74, 6) is -0.162. The normalized spacial score (nSPS) is 10.8. The van der Waals surface area contributed by atoms with Crippen molar-refractivity contribution < 1.29 is 15.0 Å². The predicted molar refractivity (Wildman–Crippen MR) is 56.7 cm³/mol. The molecule has 3 nitrogen and oxygen atoms in total. The van der Waals surface area contributed by atoms with Crippen molar-refractivity contribution in [1.29, 1.82) is 0 Å². The lowest BCUT2D eigenvalue weighted by molar-refractivity contribution is 0.403. The molecule has 0 atom stereocenters. The molecule has 0 spiro atoms. The Hall–Kier alpha value is -1.00. The molecule has 1 aromatic rings. The molecule has 14 heavy (non-hydrogen) atoms. The van der Waals surface area contributed by atoms with Gasteiger partial charge in [0.25, 0.3) is 0 Å². The van der Waals surface area contributed by atoms with Gasteiger partial charge in [-0.25, -0.2) is 0 Å². The first-order chi connectivity index (χ1) is 6.59. The maximum absolute atomic E-state index is 9.22. The third-order valence-corrected chi connectivity index (χ3v) is 3.12. The summed E-state index contributed by atoms with van der Waals surface area (Å²) in [6, 6.07) is 5.69. The maximum atomic E-state index is 9.22. The Morgan fingerprint density at radius 3 is 2.50 bits per heavy atom. The number of hydrogen-bond acceptors (Lipinski definition) is 3. The van der Waals surface area contributed by atoms with Gasteiger partial charge in [-0.05, 0) is 43.1 Å². The molecule has 0 aromatic heterocycles. The predicted octanol–water partition coefficient (Wildman–Crippen LogP) is 1.64. The SMILES string of the molecule is C[Si](O)CCCc1ccc(O)c(O)c1. The molecule has 0 aliphatic rings. The van der Waals surface area contributed by atoms with Crippen molar-refractivity contribution in [3.8, 4) is 11.5 Å². The molecule has 0 aliphatic heterocycles. The number of aromatic hydroxyl groups is 2. The minimum absolute atomic E-state index is 0.0754. The van der Waals surface area contributed by atoms with E-state index in [4.69, 9.17) is 9.90 Å². The number of phenols is 2. The summed E-state index contributed by atoms with van der Waals surface area (Å²) in [5.41, 5.74) is 0.989. The Kier molecular flexibility index (Phi) is 3.97. The van der Waals surface area contributed by atoms with Crippen LogP contribution in [-0.4, -0.2) is 24.0 Å². The first-order valence-corrected chi connectivity index (χ1v) is 6.77. The van der Waals surface area contributed by atoms with Crippen molar-refractivity contribution in [2.45, 2.75) is 25.4 Å². The van der Waals surface area contributed by atoms with E-state index in [0.717, 1.165) is 24.4 Å². The van der Waals surface area contributed by atoms with Crippen LogP contribution in [0.1, 0.15) is 12.0 Å². The first-order valence-electron chi connectivity index (χ1n) is 4.62. The van der Waals surface area contributed by atoms with Gasteiger partial charge in [-0.15, -0.1) is 0 Å². The van der Waals surface area contributed by atoms with E-state index in [0.29, 0.717) is 0 Å². The quantitative estimate of drug-likeness (QED) is 0.524. The van der Waals surface area contributed by atoms with E-state index < -0.39 is 9.04 Å². The molecule has 3 N–H and O–H groups in total. The molecule has 0 bridgehead atoms. The van der Waals surface area contributed by atoms with E-state index in [9.17, 15) is 5.11 Å². The van der Waals surface area contributed by atoms with Crippen LogP contribution >= 0.6 is 0 Å². The number of benzene rings is 1. The summed E-state index contributed by atoms with van der Waals surface area (Å²) >= 11 is 0. The van der Waals surface area contributed by atoms with Gasteiger partial charge in [-0.3, -0.25) is 0 Å². The molecule has 1 aromatic carbocycles. The number of hydrogen-bond donors (Lipinski definition) is 3. The molecule has 1 radical (unpaired) electrons. The van der Waals surface area contributed by atoms with Gasteiger partial charge in [0.1, 0.15) is 0 Å². The van der Waals surface area contributed by atoms with Crippen LogP contribution in [0.3, 0.4) is 0 Å². The monoisotopic (exact) mass is 211 g/mol. The van der Waals surface area contributed by atoms with Gasteiger partial charge in [0.05, 0.1) is 0 Å². The topological polar surface area (TPSA) is 60.7 Å². The summed E-state index contributed by atoms with van der Waals surface area (Å²) in [7, 11) is -1.13. The highest BCUT2D eigenvalue weighted by molar-refractivity contribution is 6.48. The Bertz CT molecular complexity index is 299. The van der Waals surface area contributed by atoms with Gasteiger partial charge in [0.15, 0.2) is 11.5 Å². The average Bonchev–Trinajstić information content (AvgIpc) is 2.10. The molecular weight excluding hydrogens is 196 g/mol. The lowest BCUT2D eigenvalue weighted by atomic mass is 10.1. The standard InChI is InChI=1S/C10H15O3Si/c1-14(13)6-2-3-8-4-5-9(11)10(12)7-8/h4-5,7,11-13H,2-3,6H2,1H3. The van der Waals surface area contributed by atoms with Crippen LogP contribution in [0.25, 0.3) is 0 Å². The van der Waals surface area contributed by atoms with Crippen molar-refractivity contribution in [1.82, 2.24) is 0 Å². The first kappa shape index (κ1) is 11.1. The molecule has 1 rings (SSSR count). The lowest BCUT2D eigenvalue weighted by Crippen LogP contribution is -2.04. The zero-order chi connectivity index (χ0) is 10.6. The average molecular weight is 211 g/mol. The van der Waals surface area contributed by atoms with Crippen molar-refractivity contribution in [3.05, 3.63) is 23.8 Å². The molecule has 0 saturated carbocycles. The molecule has 0 fully saturated rings. The summed E-state index contributed by atoms with van der Waals surface area (Å²) in [4.78, 5) is 9.14. The van der Waals surface area contributed by atoms with Crippen LogP contribution in [0.4, 0.5) is 0 Å². The fourth-order valence-corrected chi connectivity index (χ4v) is 1.96. The highest BCUT2D eigenvalue weighted by atomic mass is 28.3. The van der Waals surface area contributed by atoms with Crippen LogP contribution in [0.5, 0.6) is 11.5 Å². The van der Waals surface area contributed by atoms with E-state index in [1.807, 2.05) is 6.55 Å². The van der Waals surface area contributed by atoms with E-state index in [1.165, 1.54) is 6.07 Å². The van der Waals surface area contributed by atoms with Gasteiger partial charge in [-0.1, -0.05) is 6.07 Å². The van der Waals surface area contributed by atoms with Gasteiger partial charge in [0.2, 0.25) is 9.04 Å². The van der Waals surface area contributed by atoms with Crippen molar-refractivity contribution in [3.63, 3.8) is 0 Å². The van der Waals surface area contributed by atoms with E-state index in [2.05, 4.69) is 0 Å². The van der Waals surface area contributed by atoms with Gasteiger partial charge >= 0.3 is 0 Å². The van der Waals surface area contributed by atoms with Crippen molar-refractivity contribution >= 4 is 9.04 Å². The van der Waals surface area contributed by atoms with E-state index in [-0.39, 0.29) is 11.5 Å². The maximum Gasteiger partial charge on any atom is 0.203 e. The highest BCUT2D eigenvalue weighted by Gasteiger charge is 2.02. The van der Waals surface area contributed by atoms with Gasteiger partial charge in [0, 0.05) is 0 Å². The van der Waals surface area contributed by atoms with Crippen molar-refractivity contribution in [2.75, 3.05) is 0 Å². The Morgan fingerprint density at radius 2 is 1.93 bits per heavy atom. The summed E-state index contributed by atoms with van der Waals surface area (Å²) in [6.07, 6.45) is 1.75. The van der Waals surface area contributed by atoms with Crippen LogP contribution < -0.4 is 0 Å². The summed E-state index contributed by atoms with van der Waals surface area (Å²) < 4.78 is 0. The zero-order valence-electron chi connectivity index (χ0n) is 8.20. The van der Waals surface area contributed by atoms with Crippen LogP contribution in [-0.2, 0) is 6.42 Å². The second kappa shape index (κ2) is 5.02. The minimum atomic E-state index is -1.13. The second-order valence-corrected chi connectivity index (χ2v) is 5.38. The van der Waals surface area contributed by atoms with E-state index in [1.54, 1.807) is 12.1 Å². The van der Waals surface area contributed by atoms with Crippen LogP contribution in [0.15, 0.2) is 18.2 Å². The molecule has 4 heteroatoms. The molecule has 0 heterocycles. The summed E-state index contributed by atoms with van der Waals surface area (Å²) in [5, 5.41) is 18.3. The van der Waals surface area contributed by atoms with Crippen molar-refractivity contribution in [2.24, 2.45) is 0 Å². The third kappa shape index (κ3) is 3.39. The summed E-state index contributed by atoms with van der Waals surface area (Å²) in [6.45, 7) is 1.86. The second-order valence-electron chi connectivity index (χ2n) is 3.41. The lowest BCUT2D eigenvalue weighted by Gasteiger charge is -2.04. The molecule has 0 unspecified atom stereocenters. The zero-order valence-corrected chi connectivity index (χ0v) is 9.20. The third-order valence-electron chi connectivity index (χ3n) is 2.04. The van der Waals surface area contributed by atoms with E-state index >= 15 is 0 Å². The largest absolute Gasteiger partial charge is 0.504 e. The fraction of sp³-hybridized carbons (Fsp3) is 0.400. The minimum Gasteiger partial charge on any atom is -0.504 e. The smallest absolute Gasteiger partial charge is 0.203 e. The molecule has 77 valence electrons. The number of rotatable bonds is 4. The Labute approximate surface area is 85.4 Å². The fourth-order valence-electron chi connectivity index (χ4n) is 1.27. The van der Waals surface area contributed by atoms with Crippen LogP contribution in [0, 0.1) is 0 Å². The number of phenolic OH excluding ortho intramolecular Hbond substituents is 2. The molecule has 0 aliphatic carbocycles. The highest BCUT2D eigenvalue weighted by Crippen LogP contribution is 2.25. The van der Waals surface area contributed by atoms with Gasteiger partial charge in [-0.2, -0.15) is 0 Å². The molecule has 0 saturated heterocycles. The molecule has 0 amide bonds. The molecular formula is C10H15O3Si. The number of aryl methyl sites for hydroxylation is 1.